The van der Waals surface area contributed by atoms with Crippen LogP contribution in [0, 0.1) is 0 Å². The minimum absolute atomic E-state index is 0.926. The summed E-state index contributed by atoms with van der Waals surface area (Å²) in [5, 5.41) is 12.4. The molecule has 9 aromatic carbocycles. The molecule has 2 heterocycles. The van der Waals surface area contributed by atoms with Crippen LogP contribution in [0.15, 0.2) is 174 Å². The van der Waals surface area contributed by atoms with E-state index < -0.39 is 0 Å². The number of furan rings is 1. The minimum atomic E-state index is 0.926. The van der Waals surface area contributed by atoms with Gasteiger partial charge in [0, 0.05) is 36.5 Å². The van der Waals surface area contributed by atoms with Gasteiger partial charge >= 0.3 is 0 Å². The van der Waals surface area contributed by atoms with Crippen LogP contribution in [0.3, 0.4) is 0 Å². The van der Waals surface area contributed by atoms with Crippen LogP contribution >= 0.6 is 11.3 Å². The maximum atomic E-state index is 6.74. The molecule has 11 rings (SSSR count). The zero-order valence-electron chi connectivity index (χ0n) is 27.0. The number of thiophene rings is 1. The highest BCUT2D eigenvalue weighted by Crippen LogP contribution is 2.49. The second-order valence-corrected chi connectivity index (χ2v) is 14.2. The van der Waals surface area contributed by atoms with E-state index >= 15 is 0 Å². The molecule has 0 saturated carbocycles. The van der Waals surface area contributed by atoms with E-state index in [-0.39, 0.29) is 0 Å². The lowest BCUT2D eigenvalue weighted by Crippen LogP contribution is -1.91. The highest BCUT2D eigenvalue weighted by atomic mass is 32.1. The summed E-state index contributed by atoms with van der Waals surface area (Å²) in [6, 6.07) is 61.8. The summed E-state index contributed by atoms with van der Waals surface area (Å²) >= 11 is 1.88. The molecule has 0 amide bonds. The summed E-state index contributed by atoms with van der Waals surface area (Å²) in [5.74, 6) is 0. The third-order valence-electron chi connectivity index (χ3n) is 10.4. The Balaban J connectivity index is 1.21. The SMILES string of the molecule is c1ccc(-c2c3ccccc3c(-c3cccc(-c4cc5oc6cc7ccccc7cc6c5c5c4sc4ccccc45)c3)c3ccccc23)cc1. The average Bonchev–Trinajstić information content (AvgIpc) is 3.73. The number of fused-ring (bicyclic) bond motifs is 10. The van der Waals surface area contributed by atoms with E-state index in [0.29, 0.717) is 0 Å². The lowest BCUT2D eigenvalue weighted by atomic mass is 9.85. The van der Waals surface area contributed by atoms with Crippen molar-refractivity contribution in [1.82, 2.24) is 0 Å². The zero-order chi connectivity index (χ0) is 32.8. The molecule has 0 unspecified atom stereocenters. The van der Waals surface area contributed by atoms with Gasteiger partial charge in [-0.15, -0.1) is 11.3 Å². The van der Waals surface area contributed by atoms with Crippen molar-refractivity contribution in [3.05, 3.63) is 170 Å². The van der Waals surface area contributed by atoms with E-state index in [1.165, 1.54) is 96.6 Å². The van der Waals surface area contributed by atoms with Crippen molar-refractivity contribution < 1.29 is 4.42 Å². The van der Waals surface area contributed by atoms with Gasteiger partial charge in [-0.25, -0.2) is 0 Å². The summed E-state index contributed by atoms with van der Waals surface area (Å²) in [7, 11) is 0. The van der Waals surface area contributed by atoms with E-state index in [2.05, 4.69) is 170 Å². The fourth-order valence-electron chi connectivity index (χ4n) is 8.25. The number of hydrogen-bond acceptors (Lipinski definition) is 2. The van der Waals surface area contributed by atoms with Gasteiger partial charge in [-0.3, -0.25) is 0 Å². The third kappa shape index (κ3) is 4.00. The molecule has 2 aromatic heterocycles. The van der Waals surface area contributed by atoms with Crippen LogP contribution in [0.25, 0.3) is 108 Å². The fraction of sp³-hybridized carbons (Fsp3) is 0. The summed E-state index contributed by atoms with van der Waals surface area (Å²) in [4.78, 5) is 0. The lowest BCUT2D eigenvalue weighted by molar-refractivity contribution is 0.670. The Morgan fingerprint density at radius 2 is 0.920 bits per heavy atom. The minimum Gasteiger partial charge on any atom is -0.456 e. The van der Waals surface area contributed by atoms with Crippen LogP contribution in [0.4, 0.5) is 0 Å². The molecular weight excluding hydrogens is 625 g/mol. The summed E-state index contributed by atoms with van der Waals surface area (Å²) in [6.07, 6.45) is 0. The highest BCUT2D eigenvalue weighted by Gasteiger charge is 2.21. The first kappa shape index (κ1) is 27.7. The van der Waals surface area contributed by atoms with Gasteiger partial charge in [0.1, 0.15) is 11.2 Å². The molecule has 0 aliphatic carbocycles. The smallest absolute Gasteiger partial charge is 0.136 e. The van der Waals surface area contributed by atoms with Crippen molar-refractivity contribution >= 4 is 85.8 Å². The van der Waals surface area contributed by atoms with E-state index in [1.807, 2.05) is 11.3 Å². The number of hydrogen-bond donors (Lipinski definition) is 0. The first-order chi connectivity index (χ1) is 24.8. The van der Waals surface area contributed by atoms with Gasteiger partial charge in [0.15, 0.2) is 0 Å². The molecule has 0 fully saturated rings. The Morgan fingerprint density at radius 3 is 1.64 bits per heavy atom. The van der Waals surface area contributed by atoms with Crippen molar-refractivity contribution in [3.63, 3.8) is 0 Å². The van der Waals surface area contributed by atoms with Crippen LogP contribution in [-0.4, -0.2) is 0 Å². The van der Waals surface area contributed by atoms with Crippen molar-refractivity contribution in [2.24, 2.45) is 0 Å². The molecule has 0 bridgehead atoms. The van der Waals surface area contributed by atoms with Crippen molar-refractivity contribution in [1.29, 1.82) is 0 Å². The van der Waals surface area contributed by atoms with Gasteiger partial charge in [0.05, 0.1) is 0 Å². The second-order valence-electron chi connectivity index (χ2n) is 13.2. The molecule has 0 aliphatic rings. The Hall–Kier alpha value is -6.22. The molecule has 0 spiro atoms. The van der Waals surface area contributed by atoms with Crippen LogP contribution in [0.5, 0.6) is 0 Å². The lowest BCUT2D eigenvalue weighted by Gasteiger charge is -2.18. The Morgan fingerprint density at radius 1 is 0.360 bits per heavy atom. The molecular formula is C48H28OS. The molecule has 11 aromatic rings. The van der Waals surface area contributed by atoms with Gasteiger partial charge < -0.3 is 4.42 Å². The van der Waals surface area contributed by atoms with Crippen molar-refractivity contribution in [2.45, 2.75) is 0 Å². The topological polar surface area (TPSA) is 13.1 Å². The average molecular weight is 653 g/mol. The predicted octanol–water partition coefficient (Wildman–Crippen LogP) is 14.4. The second kappa shape index (κ2) is 10.6. The molecule has 0 N–H and O–H groups in total. The summed E-state index contributed by atoms with van der Waals surface area (Å²) < 4.78 is 9.32. The monoisotopic (exact) mass is 652 g/mol. The van der Waals surface area contributed by atoms with E-state index in [4.69, 9.17) is 4.42 Å². The van der Waals surface area contributed by atoms with Gasteiger partial charge in [-0.05, 0) is 90.5 Å². The molecule has 0 atom stereocenters. The van der Waals surface area contributed by atoms with Crippen molar-refractivity contribution in [2.75, 3.05) is 0 Å². The Bertz CT molecular complexity index is 3090. The quantitative estimate of drug-likeness (QED) is 0.173. The molecule has 0 aliphatic heterocycles. The van der Waals surface area contributed by atoms with Gasteiger partial charge in [-0.1, -0.05) is 140 Å². The molecule has 0 saturated heterocycles. The van der Waals surface area contributed by atoms with Crippen LogP contribution in [0.1, 0.15) is 0 Å². The molecule has 50 heavy (non-hydrogen) atoms. The maximum absolute atomic E-state index is 6.74. The standard InChI is InChI=1S/C48H28OS/c1-2-13-29(14-3-1)44-34-19-6-8-21-36(34)45(37-22-9-7-20-35(37)44)33-18-12-17-32(25-33)39-28-42-46(47-38-23-10-11-24-43(38)50-48(39)47)40-26-30-15-4-5-16-31(30)27-41(40)49-42/h1-28H. The third-order valence-corrected chi connectivity index (χ3v) is 11.6. The van der Waals surface area contributed by atoms with E-state index in [1.54, 1.807) is 0 Å². The summed E-state index contributed by atoms with van der Waals surface area (Å²) in [5.41, 5.74) is 9.24. The van der Waals surface area contributed by atoms with Crippen LogP contribution < -0.4 is 0 Å². The largest absolute Gasteiger partial charge is 0.456 e. The Kier molecular flexibility index (Phi) is 5.89. The van der Waals surface area contributed by atoms with Crippen LogP contribution in [0.2, 0.25) is 0 Å². The normalized spacial score (nSPS) is 12.0. The van der Waals surface area contributed by atoms with E-state index in [9.17, 15) is 0 Å². The molecule has 0 radical (unpaired) electrons. The molecule has 2 heteroatoms. The fourth-order valence-corrected chi connectivity index (χ4v) is 9.50. The van der Waals surface area contributed by atoms with Gasteiger partial charge in [0.25, 0.3) is 0 Å². The molecule has 1 nitrogen and oxygen atoms in total. The summed E-state index contributed by atoms with van der Waals surface area (Å²) in [6.45, 7) is 0. The highest BCUT2D eigenvalue weighted by molar-refractivity contribution is 7.26. The maximum Gasteiger partial charge on any atom is 0.136 e. The van der Waals surface area contributed by atoms with Gasteiger partial charge in [0.2, 0.25) is 0 Å². The number of benzene rings is 9. The first-order valence-electron chi connectivity index (χ1n) is 17.1. The first-order valence-corrected chi connectivity index (χ1v) is 17.9. The predicted molar refractivity (Wildman–Crippen MR) is 215 cm³/mol. The van der Waals surface area contributed by atoms with E-state index in [0.717, 1.165) is 11.2 Å². The Labute approximate surface area is 292 Å². The van der Waals surface area contributed by atoms with Crippen LogP contribution in [-0.2, 0) is 0 Å². The molecule has 232 valence electrons. The zero-order valence-corrected chi connectivity index (χ0v) is 27.8. The van der Waals surface area contributed by atoms with Gasteiger partial charge in [-0.2, -0.15) is 0 Å². The number of rotatable bonds is 3. The van der Waals surface area contributed by atoms with Crippen molar-refractivity contribution in [3.8, 4) is 33.4 Å².